The molecule has 0 bridgehead atoms. The molecule has 112 valence electrons. The second kappa shape index (κ2) is 8.46. The molecule has 0 atom stereocenters. The van der Waals surface area contributed by atoms with Gasteiger partial charge in [0.25, 0.3) is 5.91 Å². The zero-order chi connectivity index (χ0) is 14.9. The molecule has 4 nitrogen and oxygen atoms in total. The number of nitrogens with one attached hydrogen (secondary N) is 1. The van der Waals surface area contributed by atoms with E-state index in [9.17, 15) is 4.79 Å². The van der Waals surface area contributed by atoms with Crippen molar-refractivity contribution in [1.82, 2.24) is 10.2 Å². The number of aliphatic hydroxyl groups excluding tert-OH is 1. The highest BCUT2D eigenvalue weighted by Gasteiger charge is 2.10. The summed E-state index contributed by atoms with van der Waals surface area (Å²) in [6.45, 7) is 3.75. The summed E-state index contributed by atoms with van der Waals surface area (Å²) in [6.07, 6.45) is 3.86. The van der Waals surface area contributed by atoms with Crippen LogP contribution in [0.15, 0.2) is 24.3 Å². The van der Waals surface area contributed by atoms with Gasteiger partial charge in [-0.05, 0) is 50.2 Å². The lowest BCUT2D eigenvalue weighted by atomic mass is 10.1. The van der Waals surface area contributed by atoms with Crippen LogP contribution in [0.25, 0.3) is 0 Å². The fourth-order valence-corrected chi connectivity index (χ4v) is 2.46. The molecule has 0 spiro atoms. The summed E-state index contributed by atoms with van der Waals surface area (Å²) in [6, 6.07) is 7.11. The normalized spacial score (nSPS) is 15.1. The van der Waals surface area contributed by atoms with E-state index in [1.807, 2.05) is 0 Å². The zero-order valence-electron chi connectivity index (χ0n) is 12.3. The summed E-state index contributed by atoms with van der Waals surface area (Å²) in [5, 5.41) is 11.6. The Kier molecular flexibility index (Phi) is 6.26. The van der Waals surface area contributed by atoms with Gasteiger partial charge < -0.3 is 15.3 Å². The molecule has 2 N–H and O–H groups in total. The van der Waals surface area contributed by atoms with Crippen LogP contribution in [0.2, 0.25) is 0 Å². The van der Waals surface area contributed by atoms with Crippen LogP contribution in [0.3, 0.4) is 0 Å². The van der Waals surface area contributed by atoms with E-state index in [1.165, 1.54) is 19.3 Å². The summed E-state index contributed by atoms with van der Waals surface area (Å²) in [5.41, 5.74) is 1.44. The Balaban J connectivity index is 1.77. The molecular formula is C17H22N2O2. The monoisotopic (exact) mass is 286 g/mol. The summed E-state index contributed by atoms with van der Waals surface area (Å²) in [5.74, 6) is 5.34. The molecule has 1 heterocycles. The number of benzene rings is 1. The van der Waals surface area contributed by atoms with Gasteiger partial charge in [-0.2, -0.15) is 0 Å². The molecule has 1 aliphatic heterocycles. The highest BCUT2D eigenvalue weighted by Crippen LogP contribution is 2.07. The topological polar surface area (TPSA) is 52.6 Å². The first-order chi connectivity index (χ1) is 10.3. The van der Waals surface area contributed by atoms with E-state index in [0.717, 1.165) is 25.2 Å². The molecule has 1 aliphatic rings. The maximum absolute atomic E-state index is 12.0. The van der Waals surface area contributed by atoms with Gasteiger partial charge in [0.05, 0.1) is 0 Å². The SMILES string of the molecule is O=C(NCCN1CCCCC1)c1ccc(C#CCO)cc1. The second-order valence-electron chi connectivity index (χ2n) is 5.20. The highest BCUT2D eigenvalue weighted by atomic mass is 16.2. The van der Waals surface area contributed by atoms with E-state index in [-0.39, 0.29) is 12.5 Å². The first-order valence-corrected chi connectivity index (χ1v) is 7.50. The van der Waals surface area contributed by atoms with Crippen LogP contribution in [0, 0.1) is 11.8 Å². The molecule has 0 saturated carbocycles. The summed E-state index contributed by atoms with van der Waals surface area (Å²) >= 11 is 0. The van der Waals surface area contributed by atoms with Crippen molar-refractivity contribution in [2.45, 2.75) is 19.3 Å². The average molecular weight is 286 g/mol. The Morgan fingerprint density at radius 2 is 1.90 bits per heavy atom. The molecule has 0 aromatic heterocycles. The molecule has 1 amide bonds. The van der Waals surface area contributed by atoms with Crippen LogP contribution in [0.1, 0.15) is 35.2 Å². The van der Waals surface area contributed by atoms with Gasteiger partial charge in [0.15, 0.2) is 0 Å². The minimum Gasteiger partial charge on any atom is -0.384 e. The van der Waals surface area contributed by atoms with E-state index < -0.39 is 0 Å². The number of rotatable bonds is 4. The van der Waals surface area contributed by atoms with Crippen LogP contribution < -0.4 is 5.32 Å². The lowest BCUT2D eigenvalue weighted by Gasteiger charge is -2.26. The van der Waals surface area contributed by atoms with E-state index in [0.29, 0.717) is 12.1 Å². The van der Waals surface area contributed by atoms with Crippen molar-refractivity contribution in [3.8, 4) is 11.8 Å². The van der Waals surface area contributed by atoms with Crippen molar-refractivity contribution >= 4 is 5.91 Å². The summed E-state index contributed by atoms with van der Waals surface area (Å²) in [4.78, 5) is 14.4. The number of amides is 1. The van der Waals surface area contributed by atoms with E-state index in [1.54, 1.807) is 24.3 Å². The molecule has 1 fully saturated rings. The minimum absolute atomic E-state index is 0.0475. The van der Waals surface area contributed by atoms with Gasteiger partial charge in [0, 0.05) is 24.2 Å². The van der Waals surface area contributed by atoms with Crippen LogP contribution >= 0.6 is 0 Å². The molecule has 0 unspecified atom stereocenters. The fourth-order valence-electron chi connectivity index (χ4n) is 2.46. The lowest BCUT2D eigenvalue weighted by molar-refractivity contribution is 0.0946. The Morgan fingerprint density at radius 1 is 1.19 bits per heavy atom. The van der Waals surface area contributed by atoms with Gasteiger partial charge in [0.2, 0.25) is 0 Å². The maximum Gasteiger partial charge on any atom is 0.251 e. The molecule has 0 radical (unpaired) electrons. The zero-order valence-corrected chi connectivity index (χ0v) is 12.3. The van der Waals surface area contributed by atoms with Crippen molar-refractivity contribution < 1.29 is 9.90 Å². The standard InChI is InChI=1S/C17H22N2O2/c20-14-4-5-15-6-8-16(9-7-15)17(21)18-10-13-19-11-2-1-3-12-19/h6-9,20H,1-3,10-14H2,(H,18,21). The van der Waals surface area contributed by atoms with Gasteiger partial charge in [-0.15, -0.1) is 0 Å². The quantitative estimate of drug-likeness (QED) is 0.819. The summed E-state index contributed by atoms with van der Waals surface area (Å²) in [7, 11) is 0. The number of nitrogens with zero attached hydrogens (tertiary/aromatic N) is 1. The predicted octanol–water partition coefficient (Wildman–Crippen LogP) is 1.25. The number of aliphatic hydroxyl groups is 1. The van der Waals surface area contributed by atoms with Crippen molar-refractivity contribution in [2.75, 3.05) is 32.8 Å². The molecule has 1 aromatic carbocycles. The van der Waals surface area contributed by atoms with Crippen LogP contribution in [-0.2, 0) is 0 Å². The Labute approximate surface area is 126 Å². The van der Waals surface area contributed by atoms with Gasteiger partial charge in [-0.25, -0.2) is 0 Å². The van der Waals surface area contributed by atoms with Gasteiger partial charge >= 0.3 is 0 Å². The maximum atomic E-state index is 12.0. The Bertz CT molecular complexity index is 508. The smallest absolute Gasteiger partial charge is 0.251 e. The molecule has 2 rings (SSSR count). The molecule has 21 heavy (non-hydrogen) atoms. The largest absolute Gasteiger partial charge is 0.384 e. The first kappa shape index (κ1) is 15.6. The number of carbonyl (C=O) groups is 1. The number of piperidine rings is 1. The van der Waals surface area contributed by atoms with Crippen LogP contribution in [-0.4, -0.2) is 48.7 Å². The lowest BCUT2D eigenvalue weighted by Crippen LogP contribution is -2.37. The predicted molar refractivity (Wildman–Crippen MR) is 83.0 cm³/mol. The van der Waals surface area contributed by atoms with Gasteiger partial charge in [-0.3, -0.25) is 4.79 Å². The molecule has 4 heteroatoms. The van der Waals surface area contributed by atoms with E-state index in [4.69, 9.17) is 5.11 Å². The molecular weight excluding hydrogens is 264 g/mol. The highest BCUT2D eigenvalue weighted by molar-refractivity contribution is 5.94. The van der Waals surface area contributed by atoms with Gasteiger partial charge in [-0.1, -0.05) is 18.3 Å². The molecule has 1 aromatic rings. The van der Waals surface area contributed by atoms with Crippen molar-refractivity contribution in [1.29, 1.82) is 0 Å². The van der Waals surface area contributed by atoms with Crippen molar-refractivity contribution in [3.05, 3.63) is 35.4 Å². The number of hydrogen-bond donors (Lipinski definition) is 2. The Morgan fingerprint density at radius 3 is 2.57 bits per heavy atom. The van der Waals surface area contributed by atoms with E-state index in [2.05, 4.69) is 22.1 Å². The molecule has 1 saturated heterocycles. The third kappa shape index (κ3) is 5.22. The molecule has 0 aliphatic carbocycles. The van der Waals surface area contributed by atoms with Crippen molar-refractivity contribution in [2.24, 2.45) is 0 Å². The van der Waals surface area contributed by atoms with Crippen LogP contribution in [0.5, 0.6) is 0 Å². The second-order valence-corrected chi connectivity index (χ2v) is 5.20. The number of carbonyl (C=O) groups excluding carboxylic acids is 1. The van der Waals surface area contributed by atoms with Crippen LogP contribution in [0.4, 0.5) is 0 Å². The summed E-state index contributed by atoms with van der Waals surface area (Å²) < 4.78 is 0. The fraction of sp³-hybridized carbons (Fsp3) is 0.471. The van der Waals surface area contributed by atoms with E-state index >= 15 is 0 Å². The third-order valence-electron chi connectivity index (χ3n) is 3.62. The number of likely N-dealkylation sites (tertiary alicyclic amines) is 1. The minimum atomic E-state index is -0.154. The van der Waals surface area contributed by atoms with Crippen molar-refractivity contribution in [3.63, 3.8) is 0 Å². The number of hydrogen-bond acceptors (Lipinski definition) is 3. The Hall–Kier alpha value is -1.83. The third-order valence-corrected chi connectivity index (χ3v) is 3.62. The average Bonchev–Trinajstić information content (AvgIpc) is 2.54. The first-order valence-electron chi connectivity index (χ1n) is 7.50. The van der Waals surface area contributed by atoms with Gasteiger partial charge in [0.1, 0.15) is 6.61 Å².